The number of hydrogen-bond donors (Lipinski definition) is 1. The number of hydrogen-bond acceptors (Lipinski definition) is 5. The molecular weight excluding hydrogens is 345 g/mol. The van der Waals surface area contributed by atoms with Gasteiger partial charge in [0.25, 0.3) is 5.78 Å². The summed E-state index contributed by atoms with van der Waals surface area (Å²) in [6.07, 6.45) is 2.19. The lowest BCUT2D eigenvalue weighted by atomic mass is 10.00. The maximum atomic E-state index is 14.1. The van der Waals surface area contributed by atoms with E-state index in [0.717, 1.165) is 29.1 Å². The number of ether oxygens (including phenoxy) is 1. The first-order valence-corrected chi connectivity index (χ1v) is 8.73. The summed E-state index contributed by atoms with van der Waals surface area (Å²) in [5.41, 5.74) is 2.59. The molecule has 0 amide bonds. The summed E-state index contributed by atoms with van der Waals surface area (Å²) in [4.78, 5) is 8.82. The van der Waals surface area contributed by atoms with E-state index in [1.54, 1.807) is 10.6 Å². The highest BCUT2D eigenvalue weighted by Gasteiger charge is 2.25. The zero-order chi connectivity index (χ0) is 18.2. The van der Waals surface area contributed by atoms with Crippen LogP contribution in [0.5, 0.6) is 5.75 Å². The molecule has 5 rings (SSSR count). The third-order valence-electron chi connectivity index (χ3n) is 4.67. The quantitative estimate of drug-likeness (QED) is 0.600. The number of rotatable bonds is 3. The van der Waals surface area contributed by atoms with E-state index in [9.17, 15) is 4.39 Å². The minimum Gasteiger partial charge on any atom is -0.490 e. The zero-order valence-corrected chi connectivity index (χ0v) is 14.3. The Balaban J connectivity index is 1.58. The minimum absolute atomic E-state index is 0.0946. The predicted molar refractivity (Wildman–Crippen MR) is 99.1 cm³/mol. The first-order chi connectivity index (χ1) is 13.3. The first-order valence-electron chi connectivity index (χ1n) is 8.73. The van der Waals surface area contributed by atoms with Crippen LogP contribution >= 0.6 is 0 Å². The van der Waals surface area contributed by atoms with E-state index in [2.05, 4.69) is 20.4 Å². The molecule has 134 valence electrons. The number of benzene rings is 2. The average Bonchev–Trinajstić information content (AvgIpc) is 3.18. The molecule has 0 radical (unpaired) electrons. The summed E-state index contributed by atoms with van der Waals surface area (Å²) in [6, 6.07) is 16.7. The lowest BCUT2D eigenvalue weighted by Gasteiger charge is -2.27. The van der Waals surface area contributed by atoms with Crippen molar-refractivity contribution in [2.24, 2.45) is 0 Å². The fourth-order valence-corrected chi connectivity index (χ4v) is 3.39. The average molecular weight is 361 g/mol. The summed E-state index contributed by atoms with van der Waals surface area (Å²) in [5.74, 6) is 1.22. The second-order valence-electron chi connectivity index (χ2n) is 6.36. The topological polar surface area (TPSA) is 64.3 Å². The van der Waals surface area contributed by atoms with Crippen molar-refractivity contribution in [3.63, 3.8) is 0 Å². The molecule has 2 aromatic carbocycles. The predicted octanol–water partition coefficient (Wildman–Crippen LogP) is 3.87. The Kier molecular flexibility index (Phi) is 3.71. The van der Waals surface area contributed by atoms with E-state index in [4.69, 9.17) is 4.74 Å². The smallest absolute Gasteiger partial charge is 0.254 e. The van der Waals surface area contributed by atoms with Gasteiger partial charge in [-0.25, -0.2) is 9.37 Å². The van der Waals surface area contributed by atoms with Crippen LogP contribution in [0.25, 0.3) is 17.0 Å². The van der Waals surface area contributed by atoms with Crippen molar-refractivity contribution >= 4 is 11.6 Å². The Morgan fingerprint density at radius 3 is 2.89 bits per heavy atom. The van der Waals surface area contributed by atoms with Crippen LogP contribution < -0.4 is 10.1 Å². The molecular formula is C20H16FN5O. The molecule has 0 saturated carbocycles. The number of nitrogens with zero attached hydrogens (tertiary/aromatic N) is 4. The van der Waals surface area contributed by atoms with E-state index in [1.165, 1.54) is 12.4 Å². The SMILES string of the molecule is Fc1cccc2c1OCC[C@@H]2Nc1cc(-c2ccccc2)nc2ncnn12. The third kappa shape index (κ3) is 2.77. The summed E-state index contributed by atoms with van der Waals surface area (Å²) in [6.45, 7) is 0.447. The summed E-state index contributed by atoms with van der Waals surface area (Å²) >= 11 is 0. The molecule has 27 heavy (non-hydrogen) atoms. The van der Waals surface area contributed by atoms with Gasteiger partial charge in [0.1, 0.15) is 12.1 Å². The van der Waals surface area contributed by atoms with Crippen molar-refractivity contribution in [2.45, 2.75) is 12.5 Å². The van der Waals surface area contributed by atoms with Gasteiger partial charge in [0.05, 0.1) is 18.3 Å². The maximum Gasteiger partial charge on any atom is 0.254 e. The fraction of sp³-hybridized carbons (Fsp3) is 0.150. The number of nitrogens with one attached hydrogen (secondary N) is 1. The lowest BCUT2D eigenvalue weighted by Crippen LogP contribution is -2.22. The van der Waals surface area contributed by atoms with E-state index >= 15 is 0 Å². The van der Waals surface area contributed by atoms with Crippen LogP contribution in [0.3, 0.4) is 0 Å². The Morgan fingerprint density at radius 1 is 1.11 bits per heavy atom. The number of fused-ring (bicyclic) bond motifs is 2. The zero-order valence-electron chi connectivity index (χ0n) is 14.3. The van der Waals surface area contributed by atoms with Crippen molar-refractivity contribution in [1.82, 2.24) is 19.6 Å². The molecule has 7 heteroatoms. The molecule has 6 nitrogen and oxygen atoms in total. The van der Waals surface area contributed by atoms with Crippen LogP contribution in [0, 0.1) is 5.82 Å². The van der Waals surface area contributed by atoms with Crippen molar-refractivity contribution in [2.75, 3.05) is 11.9 Å². The fourth-order valence-electron chi connectivity index (χ4n) is 3.39. The molecule has 1 N–H and O–H groups in total. The molecule has 0 bridgehead atoms. The Labute approximate surface area is 154 Å². The first kappa shape index (κ1) is 15.7. The number of halogens is 1. The maximum absolute atomic E-state index is 14.1. The molecule has 0 unspecified atom stereocenters. The number of anilines is 1. The highest BCUT2D eigenvalue weighted by atomic mass is 19.1. The van der Waals surface area contributed by atoms with Gasteiger partial charge in [-0.3, -0.25) is 0 Å². The minimum atomic E-state index is -0.343. The van der Waals surface area contributed by atoms with Crippen molar-refractivity contribution in [3.05, 3.63) is 72.3 Å². The normalized spacial score (nSPS) is 16.0. The highest BCUT2D eigenvalue weighted by molar-refractivity contribution is 5.65. The van der Waals surface area contributed by atoms with Gasteiger partial charge in [0.15, 0.2) is 11.6 Å². The van der Waals surface area contributed by atoms with E-state index in [1.807, 2.05) is 42.5 Å². The molecule has 1 atom stereocenters. The van der Waals surface area contributed by atoms with Crippen molar-refractivity contribution < 1.29 is 9.13 Å². The number of aromatic nitrogens is 4. The van der Waals surface area contributed by atoms with Gasteiger partial charge < -0.3 is 10.1 Å². The van der Waals surface area contributed by atoms with Gasteiger partial charge in [0, 0.05) is 23.6 Å². The third-order valence-corrected chi connectivity index (χ3v) is 4.67. The molecule has 0 aliphatic carbocycles. The molecule has 0 saturated heterocycles. The van der Waals surface area contributed by atoms with Gasteiger partial charge in [-0.15, -0.1) is 0 Å². The van der Waals surface area contributed by atoms with Crippen LogP contribution in [0.15, 0.2) is 60.9 Å². The van der Waals surface area contributed by atoms with Gasteiger partial charge in [-0.2, -0.15) is 14.6 Å². The van der Waals surface area contributed by atoms with Gasteiger partial charge in [-0.1, -0.05) is 42.5 Å². The second kappa shape index (κ2) is 6.35. The van der Waals surface area contributed by atoms with E-state index in [-0.39, 0.29) is 11.9 Å². The molecule has 3 heterocycles. The van der Waals surface area contributed by atoms with Crippen LogP contribution in [-0.2, 0) is 0 Å². The molecule has 4 aromatic rings. The van der Waals surface area contributed by atoms with Crippen LogP contribution in [0.4, 0.5) is 10.2 Å². The van der Waals surface area contributed by atoms with E-state index < -0.39 is 0 Å². The van der Waals surface area contributed by atoms with Crippen LogP contribution in [0.2, 0.25) is 0 Å². The van der Waals surface area contributed by atoms with Crippen LogP contribution in [0.1, 0.15) is 18.0 Å². The molecule has 2 aromatic heterocycles. The number of para-hydroxylation sites is 1. The lowest BCUT2D eigenvalue weighted by molar-refractivity contribution is 0.260. The van der Waals surface area contributed by atoms with Gasteiger partial charge >= 0.3 is 0 Å². The standard InChI is InChI=1S/C20H16FN5O/c21-15-8-4-7-14-16(9-10-27-19(14)15)24-18-11-17(13-5-2-1-3-6-13)25-20-22-12-23-26(18)20/h1-8,11-12,16,24H,9-10H2/t16-/m0/s1. The Bertz CT molecular complexity index is 1110. The van der Waals surface area contributed by atoms with Crippen molar-refractivity contribution in [1.29, 1.82) is 0 Å². The largest absolute Gasteiger partial charge is 0.490 e. The van der Waals surface area contributed by atoms with Crippen LogP contribution in [-0.4, -0.2) is 26.2 Å². The van der Waals surface area contributed by atoms with Gasteiger partial charge in [-0.05, 0) is 6.07 Å². The summed E-state index contributed by atoms with van der Waals surface area (Å²) < 4.78 is 21.3. The van der Waals surface area contributed by atoms with E-state index in [0.29, 0.717) is 18.1 Å². The van der Waals surface area contributed by atoms with Gasteiger partial charge in [0.2, 0.25) is 0 Å². The Morgan fingerprint density at radius 2 is 2.00 bits per heavy atom. The molecule has 1 aliphatic heterocycles. The monoisotopic (exact) mass is 361 g/mol. The molecule has 0 spiro atoms. The molecule has 1 aliphatic rings. The Hall–Kier alpha value is -3.48. The highest BCUT2D eigenvalue weighted by Crippen LogP contribution is 2.36. The van der Waals surface area contributed by atoms with Crippen molar-refractivity contribution in [3.8, 4) is 17.0 Å². The summed E-state index contributed by atoms with van der Waals surface area (Å²) in [5, 5.41) is 7.75. The molecule has 0 fully saturated rings. The summed E-state index contributed by atoms with van der Waals surface area (Å²) in [7, 11) is 0. The second-order valence-corrected chi connectivity index (χ2v) is 6.36.